The number of carbonyl (C=O) groups excluding carboxylic acids is 4. The maximum absolute atomic E-state index is 13.0. The number of allylic oxidation sites excluding steroid dienone is 4. The predicted molar refractivity (Wildman–Crippen MR) is 367 cm³/mol. The van der Waals surface area contributed by atoms with Crippen molar-refractivity contribution in [1.82, 2.24) is 0 Å². The molecule has 0 amide bonds. The van der Waals surface area contributed by atoms with Crippen LogP contribution < -0.4 is 0 Å². The minimum absolute atomic E-state index is 0.0836. The lowest BCUT2D eigenvalue weighted by Crippen LogP contribution is -2.30. The first-order valence-electron chi connectivity index (χ1n) is 36.7. The first kappa shape index (κ1) is 88.5. The van der Waals surface area contributed by atoms with Gasteiger partial charge >= 0.3 is 39.5 Å². The number of hydrogen-bond acceptors (Lipinski definition) is 15. The third-order valence-electron chi connectivity index (χ3n) is 16.4. The van der Waals surface area contributed by atoms with Crippen molar-refractivity contribution in [1.29, 1.82) is 0 Å². The minimum Gasteiger partial charge on any atom is -0.462 e. The first-order valence-corrected chi connectivity index (χ1v) is 39.7. The van der Waals surface area contributed by atoms with Crippen LogP contribution in [0.3, 0.4) is 0 Å². The first-order chi connectivity index (χ1) is 43.8. The summed E-state index contributed by atoms with van der Waals surface area (Å²) in [6, 6.07) is 0. The molecule has 0 saturated carbocycles. The van der Waals surface area contributed by atoms with Crippen molar-refractivity contribution >= 4 is 39.5 Å². The molecule has 91 heavy (non-hydrogen) atoms. The van der Waals surface area contributed by atoms with Crippen molar-refractivity contribution in [2.24, 2.45) is 17.8 Å². The van der Waals surface area contributed by atoms with Gasteiger partial charge in [0.2, 0.25) is 0 Å². The highest BCUT2D eigenvalue weighted by Gasteiger charge is 2.30. The molecule has 6 atom stereocenters. The van der Waals surface area contributed by atoms with E-state index >= 15 is 0 Å². The van der Waals surface area contributed by atoms with E-state index in [9.17, 15) is 43.2 Å². The highest BCUT2D eigenvalue weighted by molar-refractivity contribution is 7.47. The summed E-state index contributed by atoms with van der Waals surface area (Å²) >= 11 is 0. The Morgan fingerprint density at radius 1 is 0.363 bits per heavy atom. The fourth-order valence-corrected chi connectivity index (χ4v) is 11.9. The zero-order valence-corrected chi connectivity index (χ0v) is 60.6. The van der Waals surface area contributed by atoms with Gasteiger partial charge in [-0.05, 0) is 69.1 Å². The fourth-order valence-electron chi connectivity index (χ4n) is 10.3. The SMILES string of the molecule is CCCCCC/C=C\C=C/CCCCCCCC(=O)O[C@H](COC(=O)CCCCCCCCC(C)CC)COP(=O)(O)OC[C@@H](O)COP(=O)(O)OC[C@@H](COC(=O)CCCCCCCCC(C)C)OC(=O)CCCCCCCCCCCCCCCCC(C)C. The average molecular weight is 1340 g/mol. The molecule has 0 heterocycles. The number of ether oxygens (including phenoxy) is 4. The van der Waals surface area contributed by atoms with Crippen LogP contribution in [0, 0.1) is 17.8 Å². The number of phosphoric acid groups is 2. The third-order valence-corrected chi connectivity index (χ3v) is 18.3. The van der Waals surface area contributed by atoms with Gasteiger partial charge in [-0.3, -0.25) is 37.3 Å². The van der Waals surface area contributed by atoms with Crippen LogP contribution in [0.5, 0.6) is 0 Å². The Balaban J connectivity index is 5.25. The summed E-state index contributed by atoms with van der Waals surface area (Å²) in [6.45, 7) is 11.7. The van der Waals surface area contributed by atoms with Gasteiger partial charge in [0.15, 0.2) is 12.2 Å². The third kappa shape index (κ3) is 64.6. The zero-order valence-electron chi connectivity index (χ0n) is 58.8. The second-order valence-corrected chi connectivity index (χ2v) is 29.4. The largest absolute Gasteiger partial charge is 0.472 e. The van der Waals surface area contributed by atoms with E-state index in [0.29, 0.717) is 31.6 Å². The Hall–Kier alpha value is -2.46. The van der Waals surface area contributed by atoms with Gasteiger partial charge in [-0.15, -0.1) is 0 Å². The topological polar surface area (TPSA) is 237 Å². The monoisotopic (exact) mass is 1330 g/mol. The Morgan fingerprint density at radius 3 is 0.978 bits per heavy atom. The number of rotatable bonds is 68. The molecule has 0 aromatic heterocycles. The number of carbonyl (C=O) groups is 4. The second-order valence-electron chi connectivity index (χ2n) is 26.5. The Kier molecular flexibility index (Phi) is 60.7. The van der Waals surface area contributed by atoms with Crippen LogP contribution in [-0.2, 0) is 65.4 Å². The van der Waals surface area contributed by atoms with E-state index < -0.39 is 97.5 Å². The highest BCUT2D eigenvalue weighted by Crippen LogP contribution is 2.45. The second kappa shape index (κ2) is 62.4. The summed E-state index contributed by atoms with van der Waals surface area (Å²) in [6.07, 6.45) is 49.6. The van der Waals surface area contributed by atoms with E-state index in [1.54, 1.807) is 0 Å². The molecule has 3 N–H and O–H groups in total. The van der Waals surface area contributed by atoms with E-state index in [1.807, 2.05) is 0 Å². The number of esters is 4. The van der Waals surface area contributed by atoms with E-state index in [0.717, 1.165) is 127 Å². The summed E-state index contributed by atoms with van der Waals surface area (Å²) in [5.74, 6) is 0.0410. The molecule has 19 heteroatoms. The number of aliphatic hydroxyl groups is 1. The molecule has 0 spiro atoms. The molecule has 0 rings (SSSR count). The molecular formula is C72H136O17P2. The van der Waals surface area contributed by atoms with Gasteiger partial charge in [0, 0.05) is 25.7 Å². The molecule has 0 aromatic rings. The standard InChI is InChI=1S/C72H136O17P2/c1-8-10-11-12-13-14-15-16-17-21-24-27-30-41-48-55-72(77)89-68(60-83-70(75)54-47-40-35-33-38-45-52-65(7)9-2)62-87-91(80,81)85-58-66(73)57-84-90(78,79)86-61-67(59-82-69(74)53-46-39-34-32-37-44-51-64(5)6)88-71(76)56-49-42-31-28-25-22-19-18-20-23-26-29-36-43-50-63(3)4/h14-17,63-68,73H,8-13,18-62H2,1-7H3,(H,78,79)(H,80,81)/b15-14-,17-16-/t65?,66-,67+,68+/m0/s1. The molecular weight excluding hydrogens is 1200 g/mol. The molecule has 17 nitrogen and oxygen atoms in total. The molecule has 0 fully saturated rings. The Bertz CT molecular complexity index is 1880. The lowest BCUT2D eigenvalue weighted by molar-refractivity contribution is -0.161. The van der Waals surface area contributed by atoms with Gasteiger partial charge in [0.1, 0.15) is 19.3 Å². The van der Waals surface area contributed by atoms with Gasteiger partial charge in [-0.1, -0.05) is 285 Å². The van der Waals surface area contributed by atoms with E-state index in [-0.39, 0.29) is 25.7 Å². The Labute approximate surface area is 554 Å². The average Bonchev–Trinajstić information content (AvgIpc) is 3.29. The molecule has 0 aromatic carbocycles. The summed E-state index contributed by atoms with van der Waals surface area (Å²) in [5, 5.41) is 10.6. The van der Waals surface area contributed by atoms with Crippen LogP contribution in [0.15, 0.2) is 24.3 Å². The van der Waals surface area contributed by atoms with Crippen molar-refractivity contribution < 1.29 is 80.2 Å². The molecule has 0 aliphatic carbocycles. The minimum atomic E-state index is -4.96. The lowest BCUT2D eigenvalue weighted by Gasteiger charge is -2.21. The van der Waals surface area contributed by atoms with Crippen LogP contribution in [0.4, 0.5) is 0 Å². The van der Waals surface area contributed by atoms with Crippen LogP contribution in [0.2, 0.25) is 0 Å². The quantitative estimate of drug-likeness (QED) is 0.0169. The predicted octanol–water partition coefficient (Wildman–Crippen LogP) is 20.2. The molecule has 0 bridgehead atoms. The molecule has 0 saturated heterocycles. The molecule has 0 radical (unpaired) electrons. The van der Waals surface area contributed by atoms with Crippen LogP contribution in [-0.4, -0.2) is 96.7 Å². The van der Waals surface area contributed by atoms with Crippen molar-refractivity contribution in [2.75, 3.05) is 39.6 Å². The Morgan fingerprint density at radius 2 is 0.648 bits per heavy atom. The van der Waals surface area contributed by atoms with Crippen molar-refractivity contribution in [3.05, 3.63) is 24.3 Å². The van der Waals surface area contributed by atoms with Crippen molar-refractivity contribution in [3.63, 3.8) is 0 Å². The smallest absolute Gasteiger partial charge is 0.462 e. The summed E-state index contributed by atoms with van der Waals surface area (Å²) in [4.78, 5) is 72.5. The maximum atomic E-state index is 13.0. The summed E-state index contributed by atoms with van der Waals surface area (Å²) < 4.78 is 68.3. The number of unbranched alkanes of at least 4 members (excludes halogenated alkanes) is 32. The maximum Gasteiger partial charge on any atom is 0.472 e. The van der Waals surface area contributed by atoms with Gasteiger partial charge < -0.3 is 33.8 Å². The zero-order chi connectivity index (χ0) is 67.3. The molecule has 0 aliphatic rings. The van der Waals surface area contributed by atoms with E-state index in [1.165, 1.54) is 122 Å². The molecule has 3 unspecified atom stereocenters. The van der Waals surface area contributed by atoms with Crippen molar-refractivity contribution in [2.45, 2.75) is 356 Å². The van der Waals surface area contributed by atoms with Crippen LogP contribution in [0.1, 0.15) is 337 Å². The highest BCUT2D eigenvalue weighted by atomic mass is 31.2. The molecule has 0 aliphatic heterocycles. The number of hydrogen-bond donors (Lipinski definition) is 3. The normalized spacial score (nSPS) is 14.6. The van der Waals surface area contributed by atoms with Gasteiger partial charge in [0.05, 0.1) is 26.4 Å². The van der Waals surface area contributed by atoms with E-state index in [4.69, 9.17) is 37.0 Å². The number of aliphatic hydroxyl groups excluding tert-OH is 1. The lowest BCUT2D eigenvalue weighted by atomic mass is 10.00. The summed E-state index contributed by atoms with van der Waals surface area (Å²) in [5.41, 5.74) is 0. The molecule has 536 valence electrons. The van der Waals surface area contributed by atoms with Gasteiger partial charge in [-0.2, -0.15) is 0 Å². The summed E-state index contributed by atoms with van der Waals surface area (Å²) in [7, 11) is -9.92. The van der Waals surface area contributed by atoms with Gasteiger partial charge in [0.25, 0.3) is 0 Å². The van der Waals surface area contributed by atoms with Crippen LogP contribution >= 0.6 is 15.6 Å². The van der Waals surface area contributed by atoms with Crippen molar-refractivity contribution in [3.8, 4) is 0 Å². The number of phosphoric ester groups is 2. The van der Waals surface area contributed by atoms with E-state index in [2.05, 4.69) is 72.8 Å². The van der Waals surface area contributed by atoms with Gasteiger partial charge in [-0.25, -0.2) is 9.13 Å². The fraction of sp³-hybridized carbons (Fsp3) is 0.889. The van der Waals surface area contributed by atoms with Crippen LogP contribution in [0.25, 0.3) is 0 Å².